The van der Waals surface area contributed by atoms with Crippen molar-refractivity contribution in [3.63, 3.8) is 0 Å². The van der Waals surface area contributed by atoms with Crippen LogP contribution in [-0.4, -0.2) is 43.9 Å². The van der Waals surface area contributed by atoms with Gasteiger partial charge in [0.25, 0.3) is 0 Å². The molecule has 0 saturated carbocycles. The zero-order valence-corrected chi connectivity index (χ0v) is 11.0. The summed E-state index contributed by atoms with van der Waals surface area (Å²) < 4.78 is 17.3. The molecule has 1 aromatic rings. The van der Waals surface area contributed by atoms with Gasteiger partial charge in [-0.2, -0.15) is 0 Å². The molecule has 4 heterocycles. The summed E-state index contributed by atoms with van der Waals surface area (Å²) in [7, 11) is 0. The van der Waals surface area contributed by atoms with Crippen molar-refractivity contribution < 1.29 is 14.2 Å². The molecule has 0 amide bonds. The largest absolute Gasteiger partial charge is 0.489 e. The fourth-order valence-electron chi connectivity index (χ4n) is 3.32. The maximum Gasteiger partial charge on any atom is 0.165 e. The highest BCUT2D eigenvalue weighted by molar-refractivity contribution is 5.46. The van der Waals surface area contributed by atoms with E-state index in [0.717, 1.165) is 29.7 Å². The van der Waals surface area contributed by atoms with E-state index >= 15 is 0 Å². The van der Waals surface area contributed by atoms with Crippen molar-refractivity contribution in [3.8, 4) is 17.2 Å². The highest BCUT2D eigenvalue weighted by atomic mass is 16.6. The number of hydrogen-bond acceptors (Lipinski definition) is 4. The van der Waals surface area contributed by atoms with Crippen LogP contribution in [0.2, 0.25) is 0 Å². The second-order valence-corrected chi connectivity index (χ2v) is 5.60. The van der Waals surface area contributed by atoms with Gasteiger partial charge < -0.3 is 14.2 Å². The summed E-state index contributed by atoms with van der Waals surface area (Å²) in [6.07, 6.45) is 2.88. The molecule has 102 valence electrons. The number of nitrogens with zero attached hydrogens (tertiary/aromatic N) is 1. The second kappa shape index (κ2) is 4.60. The van der Waals surface area contributed by atoms with Crippen molar-refractivity contribution in [2.75, 3.05) is 32.8 Å². The van der Waals surface area contributed by atoms with Gasteiger partial charge in [0.2, 0.25) is 0 Å². The normalized spacial score (nSPS) is 32.1. The maximum absolute atomic E-state index is 6.18. The predicted octanol–water partition coefficient (Wildman–Crippen LogP) is 1.93. The van der Waals surface area contributed by atoms with Gasteiger partial charge in [0.1, 0.15) is 25.1 Å². The molecule has 1 unspecified atom stereocenters. The molecule has 4 heteroatoms. The SMILES string of the molecule is c1cc2c(cc1OC1CN3CCC1CC3)OCCO2. The third-order valence-electron chi connectivity index (χ3n) is 4.40. The van der Waals surface area contributed by atoms with Crippen molar-refractivity contribution in [1.29, 1.82) is 0 Å². The molecular weight excluding hydrogens is 242 g/mol. The fraction of sp³-hybridized carbons (Fsp3) is 0.600. The van der Waals surface area contributed by atoms with Crippen molar-refractivity contribution in [2.45, 2.75) is 18.9 Å². The van der Waals surface area contributed by atoms with E-state index in [0.29, 0.717) is 19.3 Å². The van der Waals surface area contributed by atoms with Crippen LogP contribution in [0.5, 0.6) is 17.2 Å². The van der Waals surface area contributed by atoms with E-state index in [4.69, 9.17) is 14.2 Å². The first-order chi connectivity index (χ1) is 9.38. The number of ether oxygens (including phenoxy) is 3. The molecule has 0 N–H and O–H groups in total. The van der Waals surface area contributed by atoms with Crippen LogP contribution in [0.4, 0.5) is 0 Å². The summed E-state index contributed by atoms with van der Waals surface area (Å²) in [6.45, 7) is 4.81. The Kier molecular flexibility index (Phi) is 2.76. The van der Waals surface area contributed by atoms with E-state index < -0.39 is 0 Å². The fourth-order valence-corrected chi connectivity index (χ4v) is 3.32. The molecule has 3 saturated heterocycles. The molecule has 0 spiro atoms. The first-order valence-electron chi connectivity index (χ1n) is 7.17. The average molecular weight is 261 g/mol. The quantitative estimate of drug-likeness (QED) is 0.814. The standard InChI is InChI=1S/C15H19NO3/c1-2-13-14(18-8-7-17-13)9-12(1)19-15-10-16-5-3-11(15)4-6-16/h1-2,9,11,15H,3-8,10H2. The first kappa shape index (κ1) is 11.4. The third kappa shape index (κ3) is 2.14. The molecule has 2 bridgehead atoms. The second-order valence-electron chi connectivity index (χ2n) is 5.60. The molecule has 4 aliphatic rings. The average Bonchev–Trinajstić information content (AvgIpc) is 2.48. The van der Waals surface area contributed by atoms with Crippen LogP contribution in [0.25, 0.3) is 0 Å². The van der Waals surface area contributed by atoms with Gasteiger partial charge >= 0.3 is 0 Å². The Morgan fingerprint density at radius 3 is 2.58 bits per heavy atom. The smallest absolute Gasteiger partial charge is 0.165 e. The van der Waals surface area contributed by atoms with E-state index in [-0.39, 0.29) is 0 Å². The van der Waals surface area contributed by atoms with Gasteiger partial charge in [0.15, 0.2) is 11.5 Å². The highest BCUT2D eigenvalue weighted by Gasteiger charge is 2.35. The lowest BCUT2D eigenvalue weighted by Crippen LogP contribution is -2.52. The Balaban J connectivity index is 1.50. The minimum absolute atomic E-state index is 0.338. The lowest BCUT2D eigenvalue weighted by Gasteiger charge is -2.44. The van der Waals surface area contributed by atoms with Crippen LogP contribution < -0.4 is 14.2 Å². The van der Waals surface area contributed by atoms with Crippen LogP contribution in [-0.2, 0) is 0 Å². The van der Waals surface area contributed by atoms with E-state index in [2.05, 4.69) is 4.90 Å². The van der Waals surface area contributed by atoms with E-state index in [1.54, 1.807) is 0 Å². The molecular formula is C15H19NO3. The summed E-state index contributed by atoms with van der Waals surface area (Å²) in [5, 5.41) is 0. The Hall–Kier alpha value is -1.42. The Morgan fingerprint density at radius 1 is 1.05 bits per heavy atom. The molecule has 4 aliphatic heterocycles. The van der Waals surface area contributed by atoms with Crippen LogP contribution in [0.1, 0.15) is 12.8 Å². The number of rotatable bonds is 2. The van der Waals surface area contributed by atoms with Crippen molar-refractivity contribution >= 4 is 0 Å². The maximum atomic E-state index is 6.18. The van der Waals surface area contributed by atoms with Crippen molar-refractivity contribution in [1.82, 2.24) is 4.90 Å². The number of hydrogen-bond donors (Lipinski definition) is 0. The third-order valence-corrected chi connectivity index (χ3v) is 4.40. The molecule has 19 heavy (non-hydrogen) atoms. The van der Waals surface area contributed by atoms with E-state index in [9.17, 15) is 0 Å². The van der Waals surface area contributed by atoms with Gasteiger partial charge in [0, 0.05) is 12.6 Å². The van der Waals surface area contributed by atoms with E-state index in [1.165, 1.54) is 25.9 Å². The molecule has 1 aromatic carbocycles. The lowest BCUT2D eigenvalue weighted by atomic mass is 9.86. The van der Waals surface area contributed by atoms with Gasteiger partial charge in [-0.3, -0.25) is 4.90 Å². The molecule has 0 aliphatic carbocycles. The number of benzene rings is 1. The first-order valence-corrected chi connectivity index (χ1v) is 7.17. The van der Waals surface area contributed by atoms with Gasteiger partial charge in [-0.05, 0) is 44.0 Å². The summed E-state index contributed by atoms with van der Waals surface area (Å²) in [5.74, 6) is 3.26. The van der Waals surface area contributed by atoms with Crippen LogP contribution in [0.15, 0.2) is 18.2 Å². The summed E-state index contributed by atoms with van der Waals surface area (Å²) in [6, 6.07) is 5.91. The zero-order valence-electron chi connectivity index (χ0n) is 11.0. The number of fused-ring (bicyclic) bond motifs is 4. The van der Waals surface area contributed by atoms with Crippen LogP contribution >= 0.6 is 0 Å². The minimum atomic E-state index is 0.338. The monoisotopic (exact) mass is 261 g/mol. The van der Waals surface area contributed by atoms with Gasteiger partial charge in [-0.25, -0.2) is 0 Å². The predicted molar refractivity (Wildman–Crippen MR) is 71.0 cm³/mol. The molecule has 3 fully saturated rings. The molecule has 5 rings (SSSR count). The van der Waals surface area contributed by atoms with Crippen LogP contribution in [0, 0.1) is 5.92 Å². The molecule has 4 nitrogen and oxygen atoms in total. The molecule has 0 aromatic heterocycles. The summed E-state index contributed by atoms with van der Waals surface area (Å²) >= 11 is 0. The van der Waals surface area contributed by atoms with E-state index in [1.807, 2.05) is 18.2 Å². The minimum Gasteiger partial charge on any atom is -0.489 e. The Bertz CT molecular complexity index is 468. The molecule has 0 radical (unpaired) electrons. The van der Waals surface area contributed by atoms with Crippen LogP contribution in [0.3, 0.4) is 0 Å². The van der Waals surface area contributed by atoms with Crippen molar-refractivity contribution in [2.24, 2.45) is 5.92 Å². The summed E-state index contributed by atoms with van der Waals surface area (Å²) in [4.78, 5) is 2.50. The summed E-state index contributed by atoms with van der Waals surface area (Å²) in [5.41, 5.74) is 0. The lowest BCUT2D eigenvalue weighted by molar-refractivity contribution is -0.00796. The van der Waals surface area contributed by atoms with Crippen molar-refractivity contribution in [3.05, 3.63) is 18.2 Å². The zero-order chi connectivity index (χ0) is 12.7. The topological polar surface area (TPSA) is 30.9 Å². The van der Waals surface area contributed by atoms with Gasteiger partial charge in [-0.1, -0.05) is 0 Å². The van der Waals surface area contributed by atoms with Gasteiger partial charge in [-0.15, -0.1) is 0 Å². The number of piperidine rings is 3. The Morgan fingerprint density at radius 2 is 1.84 bits per heavy atom. The molecule has 1 atom stereocenters. The Labute approximate surface area is 113 Å². The van der Waals surface area contributed by atoms with Gasteiger partial charge in [0.05, 0.1) is 0 Å². The highest BCUT2D eigenvalue weighted by Crippen LogP contribution is 2.36.